The number of likely N-dealkylation sites (tertiary alicyclic amines) is 1. The Morgan fingerprint density at radius 3 is 2.32 bits per heavy atom. The molecule has 0 radical (unpaired) electrons. The Labute approximate surface area is 118 Å². The Balaban J connectivity index is 1.61. The van der Waals surface area contributed by atoms with E-state index in [9.17, 15) is 4.79 Å². The molecule has 0 bridgehead atoms. The molecule has 3 heteroatoms. The second kappa shape index (κ2) is 7.88. The number of carbonyl (C=O) groups excluding carboxylic acids is 1. The van der Waals surface area contributed by atoms with Gasteiger partial charge in [0.1, 0.15) is 0 Å². The molecule has 0 unspecified atom stereocenters. The number of rotatable bonds is 4. The largest absolute Gasteiger partial charge is 0.353 e. The molecule has 110 valence electrons. The molecular weight excluding hydrogens is 236 g/mol. The van der Waals surface area contributed by atoms with Crippen LogP contribution in [0.25, 0.3) is 0 Å². The van der Waals surface area contributed by atoms with Crippen LogP contribution >= 0.6 is 0 Å². The maximum absolute atomic E-state index is 12.0. The number of hydrogen-bond donors (Lipinski definition) is 1. The molecule has 1 heterocycles. The Hall–Kier alpha value is -0.570. The van der Waals surface area contributed by atoms with Crippen LogP contribution in [0.1, 0.15) is 64.7 Å². The molecule has 2 aliphatic rings. The summed E-state index contributed by atoms with van der Waals surface area (Å²) in [5.41, 5.74) is 0. The van der Waals surface area contributed by atoms with Gasteiger partial charge in [0.05, 0.1) is 0 Å². The topological polar surface area (TPSA) is 32.3 Å². The molecule has 19 heavy (non-hydrogen) atoms. The van der Waals surface area contributed by atoms with E-state index in [1.807, 2.05) is 0 Å². The van der Waals surface area contributed by atoms with Crippen LogP contribution < -0.4 is 5.32 Å². The highest BCUT2D eigenvalue weighted by atomic mass is 16.1. The van der Waals surface area contributed by atoms with Crippen LogP contribution in [0.4, 0.5) is 0 Å². The minimum Gasteiger partial charge on any atom is -0.353 e. The quantitative estimate of drug-likeness (QED) is 0.794. The zero-order valence-corrected chi connectivity index (χ0v) is 12.5. The van der Waals surface area contributed by atoms with Crippen LogP contribution in [0.2, 0.25) is 0 Å². The fraction of sp³-hybridized carbons (Fsp3) is 0.938. The van der Waals surface area contributed by atoms with E-state index in [2.05, 4.69) is 17.1 Å². The van der Waals surface area contributed by atoms with Crippen molar-refractivity contribution >= 4 is 5.91 Å². The summed E-state index contributed by atoms with van der Waals surface area (Å²) < 4.78 is 0. The van der Waals surface area contributed by atoms with Crippen LogP contribution in [-0.2, 0) is 4.79 Å². The average Bonchev–Trinajstić information content (AvgIpc) is 2.67. The number of amides is 1. The van der Waals surface area contributed by atoms with Crippen LogP contribution in [0.15, 0.2) is 0 Å². The van der Waals surface area contributed by atoms with Crippen molar-refractivity contribution in [1.82, 2.24) is 10.2 Å². The predicted octanol–water partition coefficient (Wildman–Crippen LogP) is 2.95. The van der Waals surface area contributed by atoms with Crippen molar-refractivity contribution in [1.29, 1.82) is 0 Å². The monoisotopic (exact) mass is 266 g/mol. The van der Waals surface area contributed by atoms with Gasteiger partial charge in [-0.15, -0.1) is 0 Å². The van der Waals surface area contributed by atoms with E-state index in [0.29, 0.717) is 12.5 Å². The minimum absolute atomic E-state index is 0.269. The Morgan fingerprint density at radius 1 is 1.05 bits per heavy atom. The van der Waals surface area contributed by atoms with E-state index >= 15 is 0 Å². The number of hydrogen-bond acceptors (Lipinski definition) is 2. The summed E-state index contributed by atoms with van der Waals surface area (Å²) in [7, 11) is 0. The van der Waals surface area contributed by atoms with E-state index in [4.69, 9.17) is 0 Å². The second-order valence-electron chi connectivity index (χ2n) is 6.53. The van der Waals surface area contributed by atoms with Gasteiger partial charge in [0.2, 0.25) is 5.91 Å². The summed E-state index contributed by atoms with van der Waals surface area (Å²) in [6.07, 6.45) is 10.9. The lowest BCUT2D eigenvalue weighted by Crippen LogP contribution is -2.39. The zero-order chi connectivity index (χ0) is 13.5. The lowest BCUT2D eigenvalue weighted by molar-refractivity contribution is -0.122. The molecule has 1 aliphatic heterocycles. The first-order valence-electron chi connectivity index (χ1n) is 8.26. The normalized spacial score (nSPS) is 24.1. The Kier molecular flexibility index (Phi) is 6.15. The standard InChI is InChI=1S/C16H30N2O/c1-14-8-11-18(12-9-14)13-10-16(19)17-15-6-4-2-3-5-7-15/h14-15H,2-13H2,1H3,(H,17,19). The molecule has 1 aliphatic carbocycles. The van der Waals surface area contributed by atoms with E-state index in [1.54, 1.807) is 0 Å². The molecule has 1 saturated heterocycles. The average molecular weight is 266 g/mol. The molecule has 1 amide bonds. The van der Waals surface area contributed by atoms with Crippen LogP contribution in [0, 0.1) is 5.92 Å². The van der Waals surface area contributed by atoms with Gasteiger partial charge in [-0.25, -0.2) is 0 Å². The van der Waals surface area contributed by atoms with Crippen LogP contribution in [-0.4, -0.2) is 36.5 Å². The molecule has 1 saturated carbocycles. The smallest absolute Gasteiger partial charge is 0.221 e. The van der Waals surface area contributed by atoms with Crippen LogP contribution in [0.3, 0.4) is 0 Å². The van der Waals surface area contributed by atoms with Crippen molar-refractivity contribution in [3.8, 4) is 0 Å². The number of piperidine rings is 1. The van der Waals surface area contributed by atoms with Gasteiger partial charge in [-0.3, -0.25) is 4.79 Å². The van der Waals surface area contributed by atoms with Crippen molar-refractivity contribution in [2.45, 2.75) is 70.8 Å². The maximum atomic E-state index is 12.0. The van der Waals surface area contributed by atoms with Gasteiger partial charge < -0.3 is 10.2 Å². The fourth-order valence-corrected chi connectivity index (χ4v) is 3.27. The number of nitrogens with zero attached hydrogens (tertiary/aromatic N) is 1. The van der Waals surface area contributed by atoms with Crippen molar-refractivity contribution < 1.29 is 4.79 Å². The first kappa shape index (κ1) is 14.8. The van der Waals surface area contributed by atoms with E-state index in [0.717, 1.165) is 12.5 Å². The molecule has 2 rings (SSSR count). The molecule has 0 aromatic rings. The summed E-state index contributed by atoms with van der Waals surface area (Å²) in [4.78, 5) is 14.4. The molecule has 0 spiro atoms. The second-order valence-corrected chi connectivity index (χ2v) is 6.53. The summed E-state index contributed by atoms with van der Waals surface area (Å²) in [5, 5.41) is 3.24. The molecule has 3 nitrogen and oxygen atoms in total. The Morgan fingerprint density at radius 2 is 1.68 bits per heavy atom. The predicted molar refractivity (Wildman–Crippen MR) is 79.1 cm³/mol. The van der Waals surface area contributed by atoms with E-state index in [1.165, 1.54) is 64.5 Å². The van der Waals surface area contributed by atoms with Crippen molar-refractivity contribution in [2.75, 3.05) is 19.6 Å². The molecule has 2 fully saturated rings. The summed E-state index contributed by atoms with van der Waals surface area (Å²) >= 11 is 0. The zero-order valence-electron chi connectivity index (χ0n) is 12.5. The SMILES string of the molecule is CC1CCN(CCC(=O)NC2CCCCCC2)CC1. The lowest BCUT2D eigenvalue weighted by atomic mass is 9.99. The molecule has 1 N–H and O–H groups in total. The van der Waals surface area contributed by atoms with E-state index < -0.39 is 0 Å². The van der Waals surface area contributed by atoms with E-state index in [-0.39, 0.29) is 5.91 Å². The highest BCUT2D eigenvalue weighted by Gasteiger charge is 2.18. The van der Waals surface area contributed by atoms with Crippen molar-refractivity contribution in [2.24, 2.45) is 5.92 Å². The lowest BCUT2D eigenvalue weighted by Gasteiger charge is -2.30. The van der Waals surface area contributed by atoms with Crippen molar-refractivity contribution in [3.63, 3.8) is 0 Å². The third-order valence-corrected chi connectivity index (χ3v) is 4.75. The minimum atomic E-state index is 0.269. The summed E-state index contributed by atoms with van der Waals surface area (Å²) in [6, 6.07) is 0.455. The molecule has 0 aromatic heterocycles. The van der Waals surface area contributed by atoms with Gasteiger partial charge in [-0.1, -0.05) is 32.6 Å². The molecular formula is C16H30N2O. The van der Waals surface area contributed by atoms with Gasteiger partial charge in [0, 0.05) is 19.0 Å². The summed E-state index contributed by atoms with van der Waals surface area (Å²) in [5.74, 6) is 1.14. The number of carbonyl (C=O) groups is 1. The first-order valence-corrected chi connectivity index (χ1v) is 8.26. The highest BCUT2D eigenvalue weighted by Crippen LogP contribution is 2.18. The third-order valence-electron chi connectivity index (χ3n) is 4.75. The maximum Gasteiger partial charge on any atom is 0.221 e. The van der Waals surface area contributed by atoms with Crippen LogP contribution in [0.5, 0.6) is 0 Å². The summed E-state index contributed by atoms with van der Waals surface area (Å²) in [6.45, 7) is 5.64. The molecule has 0 atom stereocenters. The van der Waals surface area contributed by atoms with Gasteiger partial charge in [-0.2, -0.15) is 0 Å². The van der Waals surface area contributed by atoms with Gasteiger partial charge in [-0.05, 0) is 44.7 Å². The third kappa shape index (κ3) is 5.52. The van der Waals surface area contributed by atoms with Gasteiger partial charge in [0.25, 0.3) is 0 Å². The number of nitrogens with one attached hydrogen (secondary N) is 1. The van der Waals surface area contributed by atoms with Gasteiger partial charge in [0.15, 0.2) is 0 Å². The Bertz CT molecular complexity index is 264. The van der Waals surface area contributed by atoms with Gasteiger partial charge >= 0.3 is 0 Å². The highest BCUT2D eigenvalue weighted by molar-refractivity contribution is 5.76. The molecule has 0 aromatic carbocycles. The fourth-order valence-electron chi connectivity index (χ4n) is 3.27. The van der Waals surface area contributed by atoms with Crippen molar-refractivity contribution in [3.05, 3.63) is 0 Å². The first-order chi connectivity index (χ1) is 9.24.